The Morgan fingerprint density at radius 3 is 2.52 bits per heavy atom. The van der Waals surface area contributed by atoms with E-state index in [-0.39, 0.29) is 0 Å². The van der Waals surface area contributed by atoms with Gasteiger partial charge in [-0.25, -0.2) is 4.39 Å². The van der Waals surface area contributed by atoms with Crippen molar-refractivity contribution in [3.63, 3.8) is 0 Å². The van der Waals surface area contributed by atoms with Crippen LogP contribution in [0.25, 0.3) is 0 Å². The van der Waals surface area contributed by atoms with Crippen LogP contribution in [0.5, 0.6) is 0 Å². The van der Waals surface area contributed by atoms with Gasteiger partial charge in [-0.2, -0.15) is 0 Å². The summed E-state index contributed by atoms with van der Waals surface area (Å²) in [5, 5.41) is 4.09. The molecule has 0 amide bonds. The van der Waals surface area contributed by atoms with Crippen molar-refractivity contribution in [3.8, 4) is 0 Å². The van der Waals surface area contributed by atoms with E-state index in [4.69, 9.17) is 4.74 Å². The Balaban J connectivity index is 1.08. The van der Waals surface area contributed by atoms with Gasteiger partial charge in [-0.05, 0) is 144 Å². The first-order valence-electron chi connectivity index (χ1n) is 18.2. The van der Waals surface area contributed by atoms with Gasteiger partial charge in [0, 0.05) is 43.4 Å². The van der Waals surface area contributed by atoms with Crippen LogP contribution in [0.15, 0.2) is 34.6 Å². The molecule has 0 aromatic heterocycles. The van der Waals surface area contributed by atoms with E-state index in [9.17, 15) is 4.39 Å². The van der Waals surface area contributed by atoms with Crippen LogP contribution >= 0.6 is 0 Å². The van der Waals surface area contributed by atoms with Gasteiger partial charge in [0.2, 0.25) is 0 Å². The summed E-state index contributed by atoms with van der Waals surface area (Å²) >= 11 is 0. The van der Waals surface area contributed by atoms with Crippen LogP contribution in [0.1, 0.15) is 124 Å². The summed E-state index contributed by atoms with van der Waals surface area (Å²) < 4.78 is 19.8. The number of halogens is 1. The van der Waals surface area contributed by atoms with Gasteiger partial charge in [0.1, 0.15) is 6.17 Å². The normalized spacial score (nSPS) is 37.4. The Kier molecular flexibility index (Phi) is 9.90. The highest BCUT2D eigenvalue weighted by molar-refractivity contribution is 5.37. The van der Waals surface area contributed by atoms with Crippen molar-refractivity contribution in [2.45, 2.75) is 154 Å². The Labute approximate surface area is 257 Å². The molecule has 9 atom stereocenters. The molecular formula is C38H61FN2O. The van der Waals surface area contributed by atoms with Crippen LogP contribution in [0.2, 0.25) is 0 Å². The number of methoxy groups -OCH3 is 1. The number of rotatable bonds is 12. The second kappa shape index (κ2) is 13.5. The third-order valence-corrected chi connectivity index (χ3v) is 12.6. The van der Waals surface area contributed by atoms with Crippen LogP contribution in [-0.2, 0) is 4.74 Å². The number of alkyl halides is 1. The van der Waals surface area contributed by atoms with Crippen molar-refractivity contribution in [3.05, 3.63) is 34.6 Å². The first kappa shape index (κ1) is 30.9. The van der Waals surface area contributed by atoms with Crippen LogP contribution < -0.4 is 5.32 Å². The zero-order chi connectivity index (χ0) is 29.4. The summed E-state index contributed by atoms with van der Waals surface area (Å²) in [5.41, 5.74) is 6.42. The third kappa shape index (κ3) is 6.75. The summed E-state index contributed by atoms with van der Waals surface area (Å²) in [4.78, 5) is 2.90. The maximum absolute atomic E-state index is 13.9. The molecule has 0 saturated heterocycles. The number of nitrogens with one attached hydrogen (secondary N) is 1. The lowest BCUT2D eigenvalue weighted by Crippen LogP contribution is -2.54. The van der Waals surface area contributed by atoms with E-state index in [1.54, 1.807) is 16.8 Å². The SMILES string of the molecule is CCCC(CCCC1C[C@H](C2CC2)C(C2=CC[C@H](F)CC2)=C[C@@H]1C)N1CCC2=C(CC([C@H](C)OC)[C@H](C3CC3)N2)[C@H]1C. The van der Waals surface area contributed by atoms with Gasteiger partial charge in [-0.1, -0.05) is 38.8 Å². The number of hydrogen-bond donors (Lipinski definition) is 1. The van der Waals surface area contributed by atoms with E-state index in [1.807, 2.05) is 7.11 Å². The molecule has 0 spiro atoms. The van der Waals surface area contributed by atoms with Crippen LogP contribution in [-0.4, -0.2) is 49.0 Å². The topological polar surface area (TPSA) is 24.5 Å². The fourth-order valence-corrected chi connectivity index (χ4v) is 9.62. The molecule has 6 aliphatic rings. The molecule has 0 bridgehead atoms. The minimum absolute atomic E-state index is 0.313. The maximum Gasteiger partial charge on any atom is 0.104 e. The smallest absolute Gasteiger partial charge is 0.104 e. The summed E-state index contributed by atoms with van der Waals surface area (Å²) in [6, 6.07) is 1.85. The van der Waals surface area contributed by atoms with Gasteiger partial charge >= 0.3 is 0 Å². The molecule has 3 nitrogen and oxygen atoms in total. The second-order valence-corrected chi connectivity index (χ2v) is 15.4. The highest BCUT2D eigenvalue weighted by Crippen LogP contribution is 2.51. The second-order valence-electron chi connectivity index (χ2n) is 15.4. The van der Waals surface area contributed by atoms with Crippen molar-refractivity contribution in [1.29, 1.82) is 0 Å². The number of ether oxygens (including phenoxy) is 1. The summed E-state index contributed by atoms with van der Waals surface area (Å²) in [6.45, 7) is 10.9. The average molecular weight is 581 g/mol. The summed E-state index contributed by atoms with van der Waals surface area (Å²) in [7, 11) is 1.90. The Hall–Kier alpha value is -1.13. The lowest BCUT2D eigenvalue weighted by Gasteiger charge is -2.48. The van der Waals surface area contributed by atoms with Crippen molar-refractivity contribution in [2.24, 2.45) is 35.5 Å². The zero-order valence-corrected chi connectivity index (χ0v) is 27.6. The van der Waals surface area contributed by atoms with E-state index in [2.05, 4.69) is 50.1 Å². The van der Waals surface area contributed by atoms with Crippen molar-refractivity contribution in [1.82, 2.24) is 10.2 Å². The van der Waals surface area contributed by atoms with E-state index in [0.29, 0.717) is 42.5 Å². The minimum Gasteiger partial charge on any atom is -0.385 e. The molecule has 3 unspecified atom stereocenters. The molecule has 236 valence electrons. The number of nitrogens with zero attached hydrogens (tertiary/aromatic N) is 1. The molecule has 0 aromatic rings. The molecule has 2 fully saturated rings. The van der Waals surface area contributed by atoms with Crippen LogP contribution in [0, 0.1) is 35.5 Å². The van der Waals surface area contributed by atoms with E-state index in [1.165, 1.54) is 89.2 Å². The fraction of sp³-hybridized carbons (Fsp3) is 0.842. The van der Waals surface area contributed by atoms with Gasteiger partial charge in [-0.3, -0.25) is 4.90 Å². The van der Waals surface area contributed by atoms with E-state index in [0.717, 1.165) is 36.5 Å². The highest BCUT2D eigenvalue weighted by Gasteiger charge is 2.45. The molecule has 42 heavy (non-hydrogen) atoms. The highest BCUT2D eigenvalue weighted by atomic mass is 19.1. The predicted octanol–water partition coefficient (Wildman–Crippen LogP) is 9.15. The fourth-order valence-electron chi connectivity index (χ4n) is 9.62. The van der Waals surface area contributed by atoms with Crippen molar-refractivity contribution < 1.29 is 9.13 Å². The Morgan fingerprint density at radius 1 is 1.07 bits per heavy atom. The van der Waals surface area contributed by atoms with Gasteiger partial charge in [0.25, 0.3) is 0 Å². The number of hydrogen-bond acceptors (Lipinski definition) is 3. The first-order valence-corrected chi connectivity index (χ1v) is 18.2. The third-order valence-electron chi connectivity index (χ3n) is 12.6. The monoisotopic (exact) mass is 580 g/mol. The lowest BCUT2D eigenvalue weighted by molar-refractivity contribution is 0.0353. The Morgan fingerprint density at radius 2 is 1.86 bits per heavy atom. The van der Waals surface area contributed by atoms with E-state index >= 15 is 0 Å². The van der Waals surface area contributed by atoms with Gasteiger partial charge < -0.3 is 10.1 Å². The minimum atomic E-state index is -0.617. The molecule has 2 aliphatic heterocycles. The largest absolute Gasteiger partial charge is 0.385 e. The lowest BCUT2D eigenvalue weighted by atomic mass is 9.69. The maximum atomic E-state index is 13.9. The van der Waals surface area contributed by atoms with Crippen molar-refractivity contribution >= 4 is 0 Å². The first-order chi connectivity index (χ1) is 20.4. The predicted molar refractivity (Wildman–Crippen MR) is 173 cm³/mol. The standard InChI is InChI=1S/C38H61FN2O/c1-6-8-32(41-20-19-37-33(25(41)3)23-34(26(4)42-5)38(40-37)29-13-14-29)10-7-9-30-22-36(27-11-12-27)35(21-24(30)2)28-15-17-31(39)18-16-28/h15,21,24-27,29-32,34,36,38,40H,6-14,16-20,22-23H2,1-5H3/t24-,25+,26-,30?,31-,32?,34?,36+,38-/m0/s1. The number of allylic oxidation sites excluding steroid dienone is 4. The summed E-state index contributed by atoms with van der Waals surface area (Å²) in [6.07, 6.45) is 23.0. The van der Waals surface area contributed by atoms with E-state index < -0.39 is 6.17 Å². The molecule has 4 heteroatoms. The molecule has 1 N–H and O–H groups in total. The molecule has 6 rings (SSSR count). The van der Waals surface area contributed by atoms with Crippen LogP contribution in [0.4, 0.5) is 4.39 Å². The van der Waals surface area contributed by atoms with Gasteiger partial charge in [-0.15, -0.1) is 0 Å². The van der Waals surface area contributed by atoms with Crippen LogP contribution in [0.3, 0.4) is 0 Å². The van der Waals surface area contributed by atoms with Crippen molar-refractivity contribution in [2.75, 3.05) is 13.7 Å². The average Bonchev–Trinajstić information content (AvgIpc) is 3.91. The Bertz CT molecular complexity index is 1020. The quantitative estimate of drug-likeness (QED) is 0.249. The van der Waals surface area contributed by atoms with Gasteiger partial charge in [0.05, 0.1) is 6.10 Å². The molecule has 0 aromatic carbocycles. The molecular weight excluding hydrogens is 519 g/mol. The molecule has 2 saturated carbocycles. The summed E-state index contributed by atoms with van der Waals surface area (Å²) in [5.74, 6) is 4.56. The van der Waals surface area contributed by atoms with Gasteiger partial charge in [0.15, 0.2) is 0 Å². The zero-order valence-electron chi connectivity index (χ0n) is 27.6. The molecule has 2 heterocycles. The molecule has 4 aliphatic carbocycles. The molecule has 0 radical (unpaired) electrons.